The second kappa shape index (κ2) is 5.80. The number of fused-ring (bicyclic) bond motifs is 2. The number of hydrogen-bond acceptors (Lipinski definition) is 3. The highest BCUT2D eigenvalue weighted by Gasteiger charge is 2.29. The number of H-pyrrole nitrogens is 1. The number of benzene rings is 1. The maximum Gasteiger partial charge on any atom is 0.254 e. The minimum absolute atomic E-state index is 0.0438. The number of carbonyl (C=O) groups excluding carboxylic acids is 1. The van der Waals surface area contributed by atoms with Crippen LogP contribution in [-0.2, 0) is 13.0 Å². The summed E-state index contributed by atoms with van der Waals surface area (Å²) >= 11 is 0. The summed E-state index contributed by atoms with van der Waals surface area (Å²) in [6.45, 7) is 1.16. The summed E-state index contributed by atoms with van der Waals surface area (Å²) in [6.07, 6.45) is 4.76. The molecule has 1 aromatic carbocycles. The quantitative estimate of drug-likeness (QED) is 0.776. The first-order chi connectivity index (χ1) is 12.7. The summed E-state index contributed by atoms with van der Waals surface area (Å²) in [5.41, 5.74) is 4.64. The lowest BCUT2D eigenvalue weighted by molar-refractivity contribution is 0.0736. The second-order valence-electron chi connectivity index (χ2n) is 7.21. The third-order valence-corrected chi connectivity index (χ3v) is 5.37. The fraction of sp³-hybridized carbons (Fsp3) is 0.286. The SMILES string of the molecule is O=C(c1cc(C2CC2)nc2ccccc12)N1CCc2cc(=O)[nH]cc2C1. The van der Waals surface area contributed by atoms with Crippen LogP contribution in [0.2, 0.25) is 0 Å². The highest BCUT2D eigenvalue weighted by atomic mass is 16.2. The van der Waals surface area contributed by atoms with Gasteiger partial charge in [0.15, 0.2) is 0 Å². The van der Waals surface area contributed by atoms with Crippen molar-refractivity contribution in [1.82, 2.24) is 14.9 Å². The molecule has 1 N–H and O–H groups in total. The van der Waals surface area contributed by atoms with Crippen molar-refractivity contribution in [2.75, 3.05) is 6.54 Å². The molecule has 1 saturated carbocycles. The maximum atomic E-state index is 13.3. The van der Waals surface area contributed by atoms with Crippen LogP contribution >= 0.6 is 0 Å². The molecule has 1 aliphatic heterocycles. The van der Waals surface area contributed by atoms with Crippen LogP contribution < -0.4 is 5.56 Å². The van der Waals surface area contributed by atoms with Crippen LogP contribution in [0.5, 0.6) is 0 Å². The predicted octanol–water partition coefficient (Wildman–Crippen LogP) is 3.00. The number of rotatable bonds is 2. The first-order valence-corrected chi connectivity index (χ1v) is 9.08. The molecular formula is C21H19N3O2. The zero-order chi connectivity index (χ0) is 17.7. The van der Waals surface area contributed by atoms with Gasteiger partial charge in [-0.15, -0.1) is 0 Å². The van der Waals surface area contributed by atoms with Gasteiger partial charge < -0.3 is 9.88 Å². The molecule has 26 heavy (non-hydrogen) atoms. The Morgan fingerprint density at radius 1 is 1.15 bits per heavy atom. The number of aromatic amines is 1. The molecule has 5 rings (SSSR count). The lowest BCUT2D eigenvalue weighted by Crippen LogP contribution is -2.36. The van der Waals surface area contributed by atoms with Crippen molar-refractivity contribution in [3.8, 4) is 0 Å². The molecule has 1 fully saturated rings. The summed E-state index contributed by atoms with van der Waals surface area (Å²) in [5.74, 6) is 0.542. The number of hydrogen-bond donors (Lipinski definition) is 1. The van der Waals surface area contributed by atoms with Crippen molar-refractivity contribution in [1.29, 1.82) is 0 Å². The highest BCUT2D eigenvalue weighted by molar-refractivity contribution is 6.06. The van der Waals surface area contributed by atoms with E-state index in [4.69, 9.17) is 4.98 Å². The fourth-order valence-corrected chi connectivity index (χ4v) is 3.77. The highest BCUT2D eigenvalue weighted by Crippen LogP contribution is 2.40. The zero-order valence-electron chi connectivity index (χ0n) is 14.4. The molecule has 3 aromatic rings. The van der Waals surface area contributed by atoms with Gasteiger partial charge in [-0.2, -0.15) is 0 Å². The molecular weight excluding hydrogens is 326 g/mol. The van der Waals surface area contributed by atoms with E-state index in [-0.39, 0.29) is 11.5 Å². The number of nitrogens with one attached hydrogen (secondary N) is 1. The van der Waals surface area contributed by atoms with E-state index in [9.17, 15) is 9.59 Å². The second-order valence-corrected chi connectivity index (χ2v) is 7.21. The van der Waals surface area contributed by atoms with Gasteiger partial charge in [0.2, 0.25) is 5.56 Å². The van der Waals surface area contributed by atoms with Crippen molar-refractivity contribution < 1.29 is 4.79 Å². The molecule has 5 heteroatoms. The zero-order valence-corrected chi connectivity index (χ0v) is 14.4. The van der Waals surface area contributed by atoms with Crippen molar-refractivity contribution in [3.63, 3.8) is 0 Å². The van der Waals surface area contributed by atoms with Gasteiger partial charge in [0.25, 0.3) is 5.91 Å². The Hall–Kier alpha value is -2.95. The Labute approximate surface area is 150 Å². The van der Waals surface area contributed by atoms with E-state index in [2.05, 4.69) is 4.98 Å². The molecule has 0 bridgehead atoms. The first kappa shape index (κ1) is 15.3. The molecule has 2 aliphatic rings. The number of amides is 1. The first-order valence-electron chi connectivity index (χ1n) is 9.08. The van der Waals surface area contributed by atoms with Crippen LogP contribution in [0.1, 0.15) is 45.9 Å². The monoisotopic (exact) mass is 345 g/mol. The standard InChI is InChI=1S/C21H19N3O2/c25-20-9-14-7-8-24(12-15(14)11-22-20)21(26)17-10-19(13-5-6-13)23-18-4-2-1-3-16(17)18/h1-4,9-11,13H,5-8,12H2,(H,22,25). The lowest BCUT2D eigenvalue weighted by atomic mass is 10.00. The van der Waals surface area contributed by atoms with Gasteiger partial charge in [-0.25, -0.2) is 0 Å². The Morgan fingerprint density at radius 2 is 2.00 bits per heavy atom. The molecule has 0 radical (unpaired) electrons. The molecule has 0 spiro atoms. The van der Waals surface area contributed by atoms with E-state index < -0.39 is 0 Å². The summed E-state index contributed by atoms with van der Waals surface area (Å²) in [6, 6.07) is 11.5. The van der Waals surface area contributed by atoms with Crippen molar-refractivity contribution in [2.24, 2.45) is 0 Å². The topological polar surface area (TPSA) is 66.1 Å². The van der Waals surface area contributed by atoms with Crippen LogP contribution in [-0.4, -0.2) is 27.3 Å². The van der Waals surface area contributed by atoms with E-state index in [1.165, 1.54) is 0 Å². The smallest absolute Gasteiger partial charge is 0.254 e. The van der Waals surface area contributed by atoms with Crippen LogP contribution in [0.4, 0.5) is 0 Å². The third-order valence-electron chi connectivity index (χ3n) is 5.37. The van der Waals surface area contributed by atoms with E-state index >= 15 is 0 Å². The lowest BCUT2D eigenvalue weighted by Gasteiger charge is -2.29. The van der Waals surface area contributed by atoms with E-state index in [1.54, 1.807) is 12.3 Å². The molecule has 0 unspecified atom stereocenters. The summed E-state index contributed by atoms with van der Waals surface area (Å²) in [4.78, 5) is 34.2. The molecule has 5 nitrogen and oxygen atoms in total. The molecule has 0 saturated heterocycles. The van der Waals surface area contributed by atoms with E-state index in [1.807, 2.05) is 35.2 Å². The van der Waals surface area contributed by atoms with Gasteiger partial charge in [0, 0.05) is 42.4 Å². The van der Waals surface area contributed by atoms with Crippen LogP contribution in [0.25, 0.3) is 10.9 Å². The summed E-state index contributed by atoms with van der Waals surface area (Å²) in [7, 11) is 0. The minimum Gasteiger partial charge on any atom is -0.334 e. The van der Waals surface area contributed by atoms with Gasteiger partial charge in [-0.3, -0.25) is 14.6 Å². The molecule has 3 heterocycles. The van der Waals surface area contributed by atoms with Crippen LogP contribution in [0.15, 0.2) is 47.4 Å². The Kier molecular flexibility index (Phi) is 3.42. The number of pyridine rings is 2. The molecule has 0 atom stereocenters. The normalized spacial score (nSPS) is 16.5. The average Bonchev–Trinajstić information content (AvgIpc) is 3.51. The Bertz CT molecular complexity index is 1080. The van der Waals surface area contributed by atoms with Crippen molar-refractivity contribution in [3.05, 3.63) is 75.3 Å². The fourth-order valence-electron chi connectivity index (χ4n) is 3.77. The largest absolute Gasteiger partial charge is 0.334 e. The number of aromatic nitrogens is 2. The van der Waals surface area contributed by atoms with Crippen LogP contribution in [0, 0.1) is 0 Å². The van der Waals surface area contributed by atoms with Gasteiger partial charge in [0.1, 0.15) is 0 Å². The predicted molar refractivity (Wildman–Crippen MR) is 99.2 cm³/mol. The Balaban J connectivity index is 1.54. The minimum atomic E-state index is -0.0854. The number of nitrogens with zero attached hydrogens (tertiary/aromatic N) is 2. The molecule has 130 valence electrons. The Morgan fingerprint density at radius 3 is 2.85 bits per heavy atom. The third kappa shape index (κ3) is 2.60. The van der Waals surface area contributed by atoms with Gasteiger partial charge in [0.05, 0.1) is 11.1 Å². The maximum absolute atomic E-state index is 13.3. The van der Waals surface area contributed by atoms with Gasteiger partial charge >= 0.3 is 0 Å². The molecule has 1 aliphatic carbocycles. The van der Waals surface area contributed by atoms with Crippen molar-refractivity contribution >= 4 is 16.8 Å². The number of carbonyl (C=O) groups is 1. The van der Waals surface area contributed by atoms with Crippen molar-refractivity contribution in [2.45, 2.75) is 31.7 Å². The average molecular weight is 345 g/mol. The summed E-state index contributed by atoms with van der Waals surface area (Å²) < 4.78 is 0. The van der Waals surface area contributed by atoms with E-state index in [0.717, 1.165) is 46.1 Å². The van der Waals surface area contributed by atoms with Crippen LogP contribution in [0.3, 0.4) is 0 Å². The summed E-state index contributed by atoms with van der Waals surface area (Å²) in [5, 5.41) is 0.911. The molecule has 1 amide bonds. The van der Waals surface area contributed by atoms with E-state index in [0.29, 0.717) is 25.4 Å². The molecule has 2 aromatic heterocycles. The van der Waals surface area contributed by atoms with Gasteiger partial charge in [-0.05, 0) is 42.5 Å². The number of para-hydroxylation sites is 1. The van der Waals surface area contributed by atoms with Gasteiger partial charge in [-0.1, -0.05) is 18.2 Å².